The molecule has 0 amide bonds. The number of ether oxygens (including phenoxy) is 1. The molecule has 1 saturated carbocycles. The van der Waals surface area contributed by atoms with E-state index in [0.717, 1.165) is 51.4 Å². The molecule has 0 spiro atoms. The van der Waals surface area contributed by atoms with Crippen molar-refractivity contribution in [1.29, 1.82) is 0 Å². The Balaban J connectivity index is 0.00000126. The Morgan fingerprint density at radius 1 is 0.727 bits per heavy atom. The van der Waals surface area contributed by atoms with Crippen molar-refractivity contribution in [3.8, 4) is 22.6 Å². The lowest BCUT2D eigenvalue weighted by Gasteiger charge is -2.31. The average molecular weight is 443 g/mol. The lowest BCUT2D eigenvalue weighted by molar-refractivity contribution is 0.112. The van der Waals surface area contributed by atoms with Gasteiger partial charge in [-0.15, -0.1) is 0 Å². The predicted octanol–water partition coefficient (Wildman–Crippen LogP) is 7.57. The Labute approximate surface area is 196 Å². The van der Waals surface area contributed by atoms with Crippen LogP contribution < -0.4 is 4.74 Å². The molecule has 0 aliphatic heterocycles. The maximum atomic E-state index is 11.0. The van der Waals surface area contributed by atoms with E-state index in [1.807, 2.05) is 18.2 Å². The molecule has 4 aromatic rings. The Morgan fingerprint density at radius 3 is 1.91 bits per heavy atom. The van der Waals surface area contributed by atoms with Crippen LogP contribution in [0.2, 0.25) is 0 Å². The summed E-state index contributed by atoms with van der Waals surface area (Å²) in [4.78, 5) is 0. The van der Waals surface area contributed by atoms with Crippen molar-refractivity contribution in [2.24, 2.45) is 11.8 Å². The summed E-state index contributed by atoms with van der Waals surface area (Å²) in [6.45, 7) is 4.56. The van der Waals surface area contributed by atoms with Crippen LogP contribution in [0.3, 0.4) is 0 Å². The van der Waals surface area contributed by atoms with Crippen molar-refractivity contribution in [2.45, 2.75) is 45.6 Å². The van der Waals surface area contributed by atoms with Crippen LogP contribution in [0.15, 0.2) is 72.8 Å². The van der Waals surface area contributed by atoms with E-state index < -0.39 is 0 Å². The van der Waals surface area contributed by atoms with Crippen LogP contribution in [0.25, 0.3) is 32.7 Å². The normalized spacial score (nSPS) is 19.0. The van der Waals surface area contributed by atoms with Gasteiger partial charge in [0.05, 0.1) is 6.10 Å². The fourth-order valence-corrected chi connectivity index (χ4v) is 5.18. The number of hydrogen-bond acceptors (Lipinski definition) is 3. The van der Waals surface area contributed by atoms with E-state index in [-0.39, 0.29) is 6.10 Å². The first-order valence-corrected chi connectivity index (χ1v) is 12.0. The molecule has 0 aromatic heterocycles. The molecule has 2 N–H and O–H groups in total. The number of benzene rings is 4. The molecule has 172 valence electrons. The number of aliphatic hydroxyl groups excluding tert-OH is 1. The van der Waals surface area contributed by atoms with Gasteiger partial charge in [-0.1, -0.05) is 80.4 Å². The van der Waals surface area contributed by atoms with Crippen LogP contribution in [0.1, 0.15) is 39.5 Å². The summed E-state index contributed by atoms with van der Waals surface area (Å²) in [7, 11) is 1.00. The van der Waals surface area contributed by atoms with Crippen molar-refractivity contribution in [2.75, 3.05) is 7.11 Å². The first-order valence-electron chi connectivity index (χ1n) is 12.0. The molecular weight excluding hydrogens is 408 g/mol. The van der Waals surface area contributed by atoms with Crippen LogP contribution in [-0.2, 0) is 0 Å². The number of phenols is 1. The molecule has 0 radical (unpaired) electrons. The van der Waals surface area contributed by atoms with Gasteiger partial charge in [-0.3, -0.25) is 0 Å². The second-order valence-electron chi connectivity index (χ2n) is 9.18. The second-order valence-corrected chi connectivity index (χ2v) is 9.18. The second kappa shape index (κ2) is 10.3. The molecule has 3 nitrogen and oxygen atoms in total. The highest BCUT2D eigenvalue weighted by Gasteiger charge is 2.26. The third-order valence-electron chi connectivity index (χ3n) is 7.09. The van der Waals surface area contributed by atoms with Gasteiger partial charge in [0.1, 0.15) is 11.5 Å². The molecule has 4 aromatic carbocycles. The highest BCUT2D eigenvalue weighted by Crippen LogP contribution is 2.45. The molecule has 0 saturated heterocycles. The minimum absolute atomic E-state index is 0.143. The third-order valence-corrected chi connectivity index (χ3v) is 7.09. The zero-order valence-corrected chi connectivity index (χ0v) is 19.8. The highest BCUT2D eigenvalue weighted by atomic mass is 16.5. The Morgan fingerprint density at radius 2 is 1.27 bits per heavy atom. The molecule has 5 rings (SSSR count). The van der Waals surface area contributed by atoms with E-state index in [9.17, 15) is 5.11 Å². The summed E-state index contributed by atoms with van der Waals surface area (Å²) < 4.78 is 6.68. The highest BCUT2D eigenvalue weighted by molar-refractivity contribution is 6.09. The van der Waals surface area contributed by atoms with E-state index in [1.54, 1.807) is 6.07 Å². The van der Waals surface area contributed by atoms with Gasteiger partial charge in [-0.2, -0.15) is 0 Å². The van der Waals surface area contributed by atoms with Crippen LogP contribution >= 0.6 is 0 Å². The van der Waals surface area contributed by atoms with Gasteiger partial charge in [0.15, 0.2) is 0 Å². The molecule has 0 heterocycles. The van der Waals surface area contributed by atoms with Gasteiger partial charge < -0.3 is 14.9 Å². The fourth-order valence-electron chi connectivity index (χ4n) is 5.18. The lowest BCUT2D eigenvalue weighted by Crippen LogP contribution is -2.27. The Bertz CT molecular complexity index is 1220. The van der Waals surface area contributed by atoms with E-state index >= 15 is 0 Å². The maximum Gasteiger partial charge on any atom is 0.128 e. The van der Waals surface area contributed by atoms with E-state index in [0.29, 0.717) is 11.7 Å². The van der Waals surface area contributed by atoms with Crippen LogP contribution in [-0.4, -0.2) is 23.4 Å². The number of aliphatic hydroxyl groups is 1. The summed E-state index contributed by atoms with van der Waals surface area (Å²) in [6, 6.07) is 24.6. The van der Waals surface area contributed by atoms with Crippen LogP contribution in [0.5, 0.6) is 11.5 Å². The van der Waals surface area contributed by atoms with E-state index in [1.165, 1.54) is 25.7 Å². The van der Waals surface area contributed by atoms with Crippen molar-refractivity contribution in [3.63, 3.8) is 0 Å². The summed E-state index contributed by atoms with van der Waals surface area (Å²) in [5.74, 6) is 2.56. The predicted molar refractivity (Wildman–Crippen MR) is 138 cm³/mol. The zero-order valence-electron chi connectivity index (χ0n) is 19.8. The number of fused-ring (bicyclic) bond motifs is 2. The molecule has 1 aliphatic carbocycles. The SMILES string of the molecule is CC1CCC(C(C)Oc2ccc3ccccc3c2-c2c(O)ccc3ccccc23)CC1.CO. The van der Waals surface area contributed by atoms with E-state index in [4.69, 9.17) is 9.84 Å². The van der Waals surface area contributed by atoms with Crippen molar-refractivity contribution in [1.82, 2.24) is 0 Å². The summed E-state index contributed by atoms with van der Waals surface area (Å²) in [5.41, 5.74) is 1.85. The maximum absolute atomic E-state index is 11.0. The van der Waals surface area contributed by atoms with Gasteiger partial charge in [0.2, 0.25) is 0 Å². The minimum atomic E-state index is 0.143. The smallest absolute Gasteiger partial charge is 0.128 e. The topological polar surface area (TPSA) is 49.7 Å². The summed E-state index contributed by atoms with van der Waals surface area (Å²) in [6.07, 6.45) is 5.17. The molecular formula is C30H34O3. The number of hydrogen-bond donors (Lipinski definition) is 2. The summed E-state index contributed by atoms with van der Waals surface area (Å²) >= 11 is 0. The van der Waals surface area contributed by atoms with Gasteiger partial charge in [0, 0.05) is 18.2 Å². The fraction of sp³-hybridized carbons (Fsp3) is 0.333. The molecule has 1 unspecified atom stereocenters. The zero-order chi connectivity index (χ0) is 23.4. The minimum Gasteiger partial charge on any atom is -0.507 e. The monoisotopic (exact) mass is 442 g/mol. The van der Waals surface area contributed by atoms with Gasteiger partial charge >= 0.3 is 0 Å². The first-order chi connectivity index (χ1) is 16.1. The Hall–Kier alpha value is -3.04. The number of phenolic OH excluding ortho intramolecular Hbond substituents is 1. The van der Waals surface area contributed by atoms with Crippen molar-refractivity contribution < 1.29 is 14.9 Å². The van der Waals surface area contributed by atoms with Crippen LogP contribution in [0, 0.1) is 11.8 Å². The summed E-state index contributed by atoms with van der Waals surface area (Å²) in [5, 5.41) is 22.4. The molecule has 0 bridgehead atoms. The van der Waals surface area contributed by atoms with Crippen molar-refractivity contribution >= 4 is 21.5 Å². The standard InChI is InChI=1S/C29H30O2.CH4O/c1-19-11-13-21(14-12-19)20(2)31-27-18-16-23-8-4-6-10-25(23)29(27)28-24-9-5-3-7-22(24)15-17-26(28)30;1-2/h3-10,15-21,30H,11-14H2,1-2H3;2H,1H3. The molecule has 1 atom stereocenters. The van der Waals surface area contributed by atoms with Crippen LogP contribution in [0.4, 0.5) is 0 Å². The lowest BCUT2D eigenvalue weighted by atomic mass is 9.80. The molecule has 1 aliphatic rings. The number of aromatic hydroxyl groups is 1. The molecule has 1 fully saturated rings. The van der Waals surface area contributed by atoms with Gasteiger partial charge in [-0.05, 0) is 65.3 Å². The van der Waals surface area contributed by atoms with Crippen molar-refractivity contribution in [3.05, 3.63) is 72.8 Å². The Kier molecular flexibility index (Phi) is 7.20. The average Bonchev–Trinajstić information content (AvgIpc) is 2.86. The van der Waals surface area contributed by atoms with Gasteiger partial charge in [-0.25, -0.2) is 0 Å². The number of rotatable bonds is 4. The largest absolute Gasteiger partial charge is 0.507 e. The van der Waals surface area contributed by atoms with Gasteiger partial charge in [0.25, 0.3) is 0 Å². The quantitative estimate of drug-likeness (QED) is 0.343. The first kappa shape index (κ1) is 23.1. The van der Waals surface area contributed by atoms with E-state index in [2.05, 4.69) is 62.4 Å². The molecule has 33 heavy (non-hydrogen) atoms. The molecule has 3 heteroatoms. The third kappa shape index (κ3) is 4.69.